The summed E-state index contributed by atoms with van der Waals surface area (Å²) in [5, 5.41) is 2.33. The van der Waals surface area contributed by atoms with Crippen molar-refractivity contribution in [3.05, 3.63) is 231 Å². The minimum atomic E-state index is 0.913. The molecule has 0 spiro atoms. The molecule has 2 aromatic carbocycles. The van der Waals surface area contributed by atoms with Gasteiger partial charge in [0, 0.05) is 120 Å². The number of nitrogens with zero attached hydrogens (tertiary/aromatic N) is 8. The molecule has 0 saturated heterocycles. The minimum Gasteiger partial charge on any atom is -0.264 e. The summed E-state index contributed by atoms with van der Waals surface area (Å²) in [6.07, 6.45) is 25.1. The zero-order valence-electron chi connectivity index (χ0n) is 31.4. The molecule has 0 radical (unpaired) electrons. The number of pyridine rings is 8. The third-order valence-corrected chi connectivity index (χ3v) is 8.57. The van der Waals surface area contributed by atoms with E-state index >= 15 is 0 Å². The van der Waals surface area contributed by atoms with Gasteiger partial charge in [0.05, 0.1) is 11.0 Å². The van der Waals surface area contributed by atoms with Gasteiger partial charge in [-0.05, 0) is 95.1 Å². The first-order valence-corrected chi connectivity index (χ1v) is 18.4. The highest BCUT2D eigenvalue weighted by molar-refractivity contribution is 6.04. The van der Waals surface area contributed by atoms with Crippen LogP contribution in [0.4, 0.5) is 0 Å². The van der Waals surface area contributed by atoms with Gasteiger partial charge < -0.3 is 0 Å². The molecule has 10 aromatic rings. The lowest BCUT2D eigenvalue weighted by Crippen LogP contribution is -1.81. The third kappa shape index (κ3) is 10.9. The van der Waals surface area contributed by atoms with Crippen molar-refractivity contribution in [1.82, 2.24) is 39.9 Å². The standard InChI is InChI=1S/C16H12N2.2C12H8N2.C10H8N2/c1-3-15(11-17-9-1)13-5-7-14(8-6-13)16-4-2-10-18-12-16;1-3-9-10-4-2-8-14-12(10)6-5-11(9)13-7-1;1-3-11(9-13-7-1)5-6-12-4-2-8-14-10-12;1-3-9(7-11-5-1)10-4-2-6-12-8-10/h1-12H;1-8H;1-4,7-10H;1-8H. The van der Waals surface area contributed by atoms with Crippen LogP contribution in [-0.2, 0) is 0 Å². The second-order valence-corrected chi connectivity index (χ2v) is 12.5. The highest BCUT2D eigenvalue weighted by atomic mass is 14.7. The fourth-order valence-corrected chi connectivity index (χ4v) is 5.72. The van der Waals surface area contributed by atoms with Gasteiger partial charge in [0.1, 0.15) is 0 Å². The van der Waals surface area contributed by atoms with Crippen molar-refractivity contribution in [3.8, 4) is 45.2 Å². The highest BCUT2D eigenvalue weighted by Gasteiger charge is 2.01. The normalized spacial score (nSPS) is 9.93. The number of hydrogen-bond acceptors (Lipinski definition) is 8. The third-order valence-electron chi connectivity index (χ3n) is 8.57. The zero-order chi connectivity index (χ0) is 39.5. The maximum atomic E-state index is 4.30. The molecule has 8 nitrogen and oxygen atoms in total. The number of benzene rings is 2. The quantitative estimate of drug-likeness (QED) is 0.130. The van der Waals surface area contributed by atoms with Crippen LogP contribution in [0.3, 0.4) is 0 Å². The predicted molar refractivity (Wildman–Crippen MR) is 232 cm³/mol. The summed E-state index contributed by atoms with van der Waals surface area (Å²) in [5.74, 6) is 6.02. The Morgan fingerprint density at radius 2 is 0.569 bits per heavy atom. The molecule has 0 aliphatic rings. The first kappa shape index (κ1) is 38.0. The van der Waals surface area contributed by atoms with Gasteiger partial charge >= 0.3 is 0 Å². The Kier molecular flexibility index (Phi) is 13.4. The lowest BCUT2D eigenvalue weighted by atomic mass is 10.0. The van der Waals surface area contributed by atoms with E-state index in [-0.39, 0.29) is 0 Å². The van der Waals surface area contributed by atoms with Gasteiger partial charge in [0.2, 0.25) is 0 Å². The van der Waals surface area contributed by atoms with Crippen molar-refractivity contribution in [2.24, 2.45) is 0 Å². The van der Waals surface area contributed by atoms with Crippen molar-refractivity contribution < 1.29 is 0 Å². The van der Waals surface area contributed by atoms with Gasteiger partial charge in [0.15, 0.2) is 0 Å². The molecule has 58 heavy (non-hydrogen) atoms. The summed E-state index contributed by atoms with van der Waals surface area (Å²) in [6.45, 7) is 0. The van der Waals surface area contributed by atoms with Crippen LogP contribution in [-0.4, -0.2) is 39.9 Å². The Bertz CT molecular complexity index is 2610. The molecule has 8 heteroatoms. The maximum Gasteiger partial charge on any atom is 0.0709 e. The molecule has 8 aromatic heterocycles. The minimum absolute atomic E-state index is 0.913. The van der Waals surface area contributed by atoms with Crippen LogP contribution >= 0.6 is 0 Å². The summed E-state index contributed by atoms with van der Waals surface area (Å²) in [6, 6.07) is 44.0. The molecule has 8 heterocycles. The fourth-order valence-electron chi connectivity index (χ4n) is 5.72. The SMILES string of the molecule is C(#Cc1cccnc1)c1cccnc1.c1cnc2ccc3ncccc3c2c1.c1cncc(-c2ccc(-c3cccnc3)cc2)c1.c1cncc(-c2cccnc2)c1. The Morgan fingerprint density at radius 1 is 0.259 bits per heavy atom. The van der Waals surface area contributed by atoms with Crippen LogP contribution < -0.4 is 0 Å². The summed E-state index contributed by atoms with van der Waals surface area (Å²) >= 11 is 0. The van der Waals surface area contributed by atoms with Crippen molar-refractivity contribution in [1.29, 1.82) is 0 Å². The molecule has 0 atom stereocenters. The van der Waals surface area contributed by atoms with Crippen molar-refractivity contribution in [2.45, 2.75) is 0 Å². The van der Waals surface area contributed by atoms with Crippen LogP contribution in [0.2, 0.25) is 0 Å². The first-order chi connectivity index (χ1) is 28.8. The summed E-state index contributed by atoms with van der Waals surface area (Å²) in [4.78, 5) is 32.9. The van der Waals surface area contributed by atoms with Crippen molar-refractivity contribution >= 4 is 21.8 Å². The number of fused-ring (bicyclic) bond motifs is 3. The van der Waals surface area contributed by atoms with Crippen LogP contribution in [0.15, 0.2) is 220 Å². The Morgan fingerprint density at radius 3 is 0.879 bits per heavy atom. The molecular formula is C50H36N8. The molecule has 276 valence electrons. The number of hydrogen-bond donors (Lipinski definition) is 0. The van der Waals surface area contributed by atoms with E-state index in [2.05, 4.69) is 100 Å². The van der Waals surface area contributed by atoms with Gasteiger partial charge in [0.25, 0.3) is 0 Å². The summed E-state index contributed by atoms with van der Waals surface area (Å²) in [5.41, 5.74) is 10.7. The monoisotopic (exact) mass is 748 g/mol. The second-order valence-electron chi connectivity index (χ2n) is 12.5. The maximum absolute atomic E-state index is 4.30. The highest BCUT2D eigenvalue weighted by Crippen LogP contribution is 2.24. The predicted octanol–water partition coefficient (Wildman–Crippen LogP) is 10.6. The average molecular weight is 749 g/mol. The van der Waals surface area contributed by atoms with E-state index in [9.17, 15) is 0 Å². The molecule has 0 saturated carbocycles. The van der Waals surface area contributed by atoms with Crippen LogP contribution in [0.1, 0.15) is 11.1 Å². The molecule has 0 N–H and O–H groups in total. The molecule has 0 bridgehead atoms. The smallest absolute Gasteiger partial charge is 0.0709 e. The van der Waals surface area contributed by atoms with Gasteiger partial charge in [-0.1, -0.05) is 72.5 Å². The summed E-state index contributed by atoms with van der Waals surface area (Å²) in [7, 11) is 0. The Hall–Kier alpha value is -8.28. The number of rotatable bonds is 3. The molecule has 10 rings (SSSR count). The fraction of sp³-hybridized carbons (Fsp3) is 0. The van der Waals surface area contributed by atoms with Crippen molar-refractivity contribution in [3.63, 3.8) is 0 Å². The van der Waals surface area contributed by atoms with Gasteiger partial charge in [-0.3, -0.25) is 39.9 Å². The van der Waals surface area contributed by atoms with Gasteiger partial charge in [-0.15, -0.1) is 0 Å². The zero-order valence-corrected chi connectivity index (χ0v) is 31.4. The summed E-state index contributed by atoms with van der Waals surface area (Å²) < 4.78 is 0. The lowest BCUT2D eigenvalue weighted by Gasteiger charge is -2.04. The van der Waals surface area contributed by atoms with Gasteiger partial charge in [-0.25, -0.2) is 0 Å². The van der Waals surface area contributed by atoms with E-state index in [1.54, 1.807) is 49.6 Å². The lowest BCUT2D eigenvalue weighted by molar-refractivity contribution is 1.30. The Balaban J connectivity index is 0.000000119. The molecule has 0 unspecified atom stereocenters. The topological polar surface area (TPSA) is 103 Å². The Labute approximate surface area is 337 Å². The van der Waals surface area contributed by atoms with E-state index in [4.69, 9.17) is 0 Å². The van der Waals surface area contributed by atoms with E-state index in [1.807, 2.05) is 122 Å². The van der Waals surface area contributed by atoms with E-state index in [0.717, 1.165) is 55.2 Å². The van der Waals surface area contributed by atoms with Crippen LogP contribution in [0, 0.1) is 11.8 Å². The molecular weight excluding hydrogens is 713 g/mol. The van der Waals surface area contributed by atoms with Crippen LogP contribution in [0.25, 0.3) is 55.2 Å². The molecule has 0 amide bonds. The largest absolute Gasteiger partial charge is 0.264 e. The first-order valence-electron chi connectivity index (χ1n) is 18.4. The van der Waals surface area contributed by atoms with E-state index in [0.29, 0.717) is 0 Å². The van der Waals surface area contributed by atoms with E-state index < -0.39 is 0 Å². The molecule has 0 fully saturated rings. The van der Waals surface area contributed by atoms with Crippen molar-refractivity contribution in [2.75, 3.05) is 0 Å². The average Bonchev–Trinajstić information content (AvgIpc) is 3.33. The van der Waals surface area contributed by atoms with Crippen LogP contribution in [0.5, 0.6) is 0 Å². The van der Waals surface area contributed by atoms with E-state index in [1.165, 1.54) is 11.1 Å². The van der Waals surface area contributed by atoms with Gasteiger partial charge in [-0.2, -0.15) is 0 Å². The molecule has 0 aliphatic carbocycles. The molecule has 0 aliphatic heterocycles. The second kappa shape index (κ2) is 20.4. The number of aromatic nitrogens is 8.